The number of hydrogen-bond donors (Lipinski definition) is 0. The maximum Gasteiger partial charge on any atom is 0.410 e. The van der Waals surface area contributed by atoms with Crippen LogP contribution in [-0.2, 0) is 11.3 Å². The number of nitrogens with zero attached hydrogens (tertiary/aromatic N) is 2. The lowest BCUT2D eigenvalue weighted by atomic mass is 9.98. The largest absolute Gasteiger partial charge is 0.492 e. The van der Waals surface area contributed by atoms with Crippen molar-refractivity contribution >= 4 is 6.09 Å². The van der Waals surface area contributed by atoms with Gasteiger partial charge < -0.3 is 14.4 Å². The topological polar surface area (TPSA) is 51.7 Å². The van der Waals surface area contributed by atoms with Crippen molar-refractivity contribution in [2.24, 2.45) is 5.92 Å². The Kier molecular flexibility index (Phi) is 5.82. The molecular formula is C19H21FN2O3. The van der Waals surface area contributed by atoms with Crippen LogP contribution in [-0.4, -0.2) is 35.7 Å². The van der Waals surface area contributed by atoms with Crippen LogP contribution >= 0.6 is 0 Å². The summed E-state index contributed by atoms with van der Waals surface area (Å²) in [5.41, 5.74) is 0.979. The van der Waals surface area contributed by atoms with Gasteiger partial charge in [0.25, 0.3) is 0 Å². The minimum absolute atomic E-state index is 0.272. The molecule has 1 fully saturated rings. The van der Waals surface area contributed by atoms with Crippen LogP contribution in [0.25, 0.3) is 0 Å². The van der Waals surface area contributed by atoms with Gasteiger partial charge in [-0.3, -0.25) is 0 Å². The van der Waals surface area contributed by atoms with Gasteiger partial charge in [-0.15, -0.1) is 0 Å². The number of carbonyl (C=O) groups is 1. The van der Waals surface area contributed by atoms with Crippen molar-refractivity contribution in [3.8, 4) is 5.75 Å². The van der Waals surface area contributed by atoms with E-state index in [1.807, 2.05) is 30.3 Å². The van der Waals surface area contributed by atoms with E-state index < -0.39 is 5.95 Å². The van der Waals surface area contributed by atoms with Crippen LogP contribution in [0.15, 0.2) is 48.7 Å². The fraction of sp³-hybridized carbons (Fsp3) is 0.368. The number of aromatic nitrogens is 1. The molecule has 25 heavy (non-hydrogen) atoms. The molecule has 0 spiro atoms. The second-order valence-electron chi connectivity index (χ2n) is 6.10. The fourth-order valence-corrected chi connectivity index (χ4v) is 2.75. The zero-order valence-electron chi connectivity index (χ0n) is 13.9. The Morgan fingerprint density at radius 1 is 1.16 bits per heavy atom. The smallest absolute Gasteiger partial charge is 0.410 e. The standard InChI is InChI=1S/C19H21FN2O3/c20-18-7-6-17(12-21-18)24-13-16-8-10-22(11-9-16)19(23)25-14-15-4-2-1-3-5-15/h1-7,12,16H,8-11,13-14H2. The molecule has 0 saturated carbocycles. The summed E-state index contributed by atoms with van der Waals surface area (Å²) in [7, 11) is 0. The lowest BCUT2D eigenvalue weighted by Gasteiger charge is -2.31. The minimum atomic E-state index is -0.519. The van der Waals surface area contributed by atoms with Gasteiger partial charge in [-0.25, -0.2) is 9.78 Å². The van der Waals surface area contributed by atoms with Crippen LogP contribution in [0, 0.1) is 11.9 Å². The molecule has 0 unspecified atom stereocenters. The van der Waals surface area contributed by atoms with Crippen molar-refractivity contribution < 1.29 is 18.7 Å². The number of rotatable bonds is 5. The quantitative estimate of drug-likeness (QED) is 0.777. The van der Waals surface area contributed by atoms with Crippen molar-refractivity contribution in [2.75, 3.05) is 19.7 Å². The van der Waals surface area contributed by atoms with Gasteiger partial charge in [-0.1, -0.05) is 30.3 Å². The number of hydrogen-bond acceptors (Lipinski definition) is 4. The fourth-order valence-electron chi connectivity index (χ4n) is 2.75. The number of halogens is 1. The van der Waals surface area contributed by atoms with Gasteiger partial charge in [-0.05, 0) is 36.5 Å². The van der Waals surface area contributed by atoms with Gasteiger partial charge in [0.15, 0.2) is 0 Å². The van der Waals surface area contributed by atoms with Crippen LogP contribution in [0.3, 0.4) is 0 Å². The SMILES string of the molecule is O=C(OCc1ccccc1)N1CCC(COc2ccc(F)nc2)CC1. The first-order chi connectivity index (χ1) is 12.2. The summed E-state index contributed by atoms with van der Waals surface area (Å²) < 4.78 is 23.7. The Morgan fingerprint density at radius 2 is 1.92 bits per heavy atom. The number of amides is 1. The molecule has 3 rings (SSSR count). The first-order valence-electron chi connectivity index (χ1n) is 8.40. The predicted molar refractivity (Wildman–Crippen MR) is 90.6 cm³/mol. The molecule has 1 amide bonds. The maximum atomic E-state index is 12.8. The van der Waals surface area contributed by atoms with Gasteiger partial charge >= 0.3 is 6.09 Å². The van der Waals surface area contributed by atoms with E-state index in [0.29, 0.717) is 38.0 Å². The van der Waals surface area contributed by atoms with Crippen LogP contribution in [0.1, 0.15) is 18.4 Å². The Hall–Kier alpha value is -2.63. The predicted octanol–water partition coefficient (Wildman–Crippen LogP) is 3.65. The van der Waals surface area contributed by atoms with Crippen molar-refractivity contribution in [2.45, 2.75) is 19.4 Å². The highest BCUT2D eigenvalue weighted by atomic mass is 19.1. The molecule has 1 aliphatic heterocycles. The normalized spacial score (nSPS) is 15.0. The summed E-state index contributed by atoms with van der Waals surface area (Å²) in [4.78, 5) is 17.4. The number of likely N-dealkylation sites (tertiary alicyclic amines) is 1. The number of pyridine rings is 1. The molecule has 0 atom stereocenters. The highest BCUT2D eigenvalue weighted by molar-refractivity contribution is 5.67. The van der Waals surface area contributed by atoms with E-state index in [0.717, 1.165) is 18.4 Å². The van der Waals surface area contributed by atoms with Crippen LogP contribution < -0.4 is 4.74 Å². The molecule has 0 aliphatic carbocycles. The zero-order valence-corrected chi connectivity index (χ0v) is 13.9. The van der Waals surface area contributed by atoms with Crippen molar-refractivity contribution in [3.63, 3.8) is 0 Å². The van der Waals surface area contributed by atoms with E-state index >= 15 is 0 Å². The van der Waals surface area contributed by atoms with Gasteiger partial charge in [0, 0.05) is 13.1 Å². The molecular weight excluding hydrogens is 323 g/mol. The first kappa shape index (κ1) is 17.2. The van der Waals surface area contributed by atoms with E-state index in [1.54, 1.807) is 11.0 Å². The van der Waals surface area contributed by atoms with Crippen molar-refractivity contribution in [1.82, 2.24) is 9.88 Å². The Bertz CT molecular complexity index is 671. The molecule has 1 aromatic heterocycles. The zero-order chi connectivity index (χ0) is 17.5. The third-order valence-corrected chi connectivity index (χ3v) is 4.26. The molecule has 1 aromatic carbocycles. The average Bonchev–Trinajstić information content (AvgIpc) is 2.67. The highest BCUT2D eigenvalue weighted by Crippen LogP contribution is 2.20. The molecule has 2 heterocycles. The lowest BCUT2D eigenvalue weighted by Crippen LogP contribution is -2.39. The summed E-state index contributed by atoms with van der Waals surface area (Å²) in [6, 6.07) is 12.5. The minimum Gasteiger partial charge on any atom is -0.492 e. The van der Waals surface area contributed by atoms with Gasteiger partial charge in [-0.2, -0.15) is 4.39 Å². The Labute approximate surface area is 146 Å². The average molecular weight is 344 g/mol. The molecule has 5 nitrogen and oxygen atoms in total. The van der Waals surface area contributed by atoms with E-state index in [9.17, 15) is 9.18 Å². The highest BCUT2D eigenvalue weighted by Gasteiger charge is 2.24. The summed E-state index contributed by atoms with van der Waals surface area (Å²) in [6.45, 7) is 2.15. The molecule has 0 radical (unpaired) electrons. The number of ether oxygens (including phenoxy) is 2. The summed E-state index contributed by atoms with van der Waals surface area (Å²) in [6.07, 6.45) is 2.82. The lowest BCUT2D eigenvalue weighted by molar-refractivity contribution is 0.0760. The number of benzene rings is 1. The van der Waals surface area contributed by atoms with E-state index in [-0.39, 0.29) is 6.09 Å². The molecule has 0 bridgehead atoms. The molecule has 132 valence electrons. The summed E-state index contributed by atoms with van der Waals surface area (Å²) in [5.74, 6) is 0.406. The molecule has 2 aromatic rings. The van der Waals surface area contributed by atoms with E-state index in [1.165, 1.54) is 12.3 Å². The molecule has 1 aliphatic rings. The molecule has 1 saturated heterocycles. The van der Waals surface area contributed by atoms with Crippen LogP contribution in [0.2, 0.25) is 0 Å². The molecule has 0 N–H and O–H groups in total. The number of piperidine rings is 1. The third-order valence-electron chi connectivity index (χ3n) is 4.26. The van der Waals surface area contributed by atoms with Crippen LogP contribution in [0.4, 0.5) is 9.18 Å². The molecule has 6 heteroatoms. The van der Waals surface area contributed by atoms with E-state index in [4.69, 9.17) is 9.47 Å². The van der Waals surface area contributed by atoms with Gasteiger partial charge in [0.05, 0.1) is 12.8 Å². The second-order valence-corrected chi connectivity index (χ2v) is 6.10. The van der Waals surface area contributed by atoms with Gasteiger partial charge in [0.1, 0.15) is 12.4 Å². The summed E-state index contributed by atoms with van der Waals surface area (Å²) in [5, 5.41) is 0. The van der Waals surface area contributed by atoms with Crippen LogP contribution in [0.5, 0.6) is 5.75 Å². The monoisotopic (exact) mass is 344 g/mol. The second kappa shape index (κ2) is 8.46. The maximum absolute atomic E-state index is 12.8. The third kappa shape index (κ3) is 5.17. The van der Waals surface area contributed by atoms with E-state index in [2.05, 4.69) is 4.98 Å². The van der Waals surface area contributed by atoms with Crippen molar-refractivity contribution in [3.05, 3.63) is 60.2 Å². The van der Waals surface area contributed by atoms with Gasteiger partial charge in [0.2, 0.25) is 5.95 Å². The van der Waals surface area contributed by atoms with Crippen molar-refractivity contribution in [1.29, 1.82) is 0 Å². The first-order valence-corrected chi connectivity index (χ1v) is 8.40. The number of carbonyl (C=O) groups excluding carboxylic acids is 1. The Balaban J connectivity index is 1.37. The summed E-state index contributed by atoms with van der Waals surface area (Å²) >= 11 is 0. The Morgan fingerprint density at radius 3 is 2.60 bits per heavy atom.